The van der Waals surface area contributed by atoms with Gasteiger partial charge in [0.1, 0.15) is 8.80 Å². The molecule has 18 heavy (non-hydrogen) atoms. The predicted molar refractivity (Wildman–Crippen MR) is 99.4 cm³/mol. The molecule has 0 N–H and O–H groups in total. The minimum Gasteiger partial charge on any atom is -0.136 e. The van der Waals surface area contributed by atoms with Crippen LogP contribution in [0.1, 0.15) is 0 Å². The fraction of sp³-hybridized carbons (Fsp3) is 0.857. The van der Waals surface area contributed by atoms with Gasteiger partial charge in [-0.2, -0.15) is 0 Å². The largest absolute Gasteiger partial charge is 0.136 e. The van der Waals surface area contributed by atoms with Crippen molar-refractivity contribution in [1.29, 1.82) is 0 Å². The second-order valence-electron chi connectivity index (χ2n) is 9.29. The molecule has 0 aliphatic heterocycles. The van der Waals surface area contributed by atoms with E-state index in [4.69, 9.17) is 0 Å². The van der Waals surface area contributed by atoms with Crippen LogP contribution < -0.4 is 0 Å². The van der Waals surface area contributed by atoms with Crippen LogP contribution in [0.25, 0.3) is 0 Å². The SMILES string of the molecule is C[Si](C)(C)CC#C[SiH](C[Si](C)(C)C)C[Si](C)(C)C. The summed E-state index contributed by atoms with van der Waals surface area (Å²) in [6, 6.07) is 1.20. The van der Waals surface area contributed by atoms with Crippen molar-refractivity contribution in [3.63, 3.8) is 0 Å². The Hall–Kier alpha value is 0.428. The molecule has 0 fully saturated rings. The highest BCUT2D eigenvalue weighted by Gasteiger charge is 2.26. The van der Waals surface area contributed by atoms with Gasteiger partial charge in [0.05, 0.1) is 8.07 Å². The molecule has 0 saturated heterocycles. The van der Waals surface area contributed by atoms with E-state index in [2.05, 4.69) is 70.4 Å². The van der Waals surface area contributed by atoms with E-state index < -0.39 is 33.0 Å². The second kappa shape index (κ2) is 6.73. The molecule has 0 aromatic carbocycles. The van der Waals surface area contributed by atoms with Gasteiger partial charge in [0, 0.05) is 22.2 Å². The normalized spacial score (nSPS) is 13.4. The average Bonchev–Trinajstić information content (AvgIpc) is 1.93. The maximum absolute atomic E-state index is 3.78. The summed E-state index contributed by atoms with van der Waals surface area (Å²) in [6.07, 6.45) is 0. The molecule has 0 unspecified atom stereocenters. The van der Waals surface area contributed by atoms with E-state index in [0.717, 1.165) is 0 Å². The zero-order valence-corrected chi connectivity index (χ0v) is 18.4. The lowest BCUT2D eigenvalue weighted by atomic mass is 10.8. The Morgan fingerprint density at radius 1 is 0.667 bits per heavy atom. The summed E-state index contributed by atoms with van der Waals surface area (Å²) in [6.45, 7) is 22.3. The first kappa shape index (κ1) is 18.4. The summed E-state index contributed by atoms with van der Waals surface area (Å²) in [5, 5.41) is 0. The van der Waals surface area contributed by atoms with Crippen LogP contribution in [0.5, 0.6) is 0 Å². The molecular weight excluding hydrogens is 280 g/mol. The van der Waals surface area contributed by atoms with Crippen molar-refractivity contribution in [2.24, 2.45) is 0 Å². The molecule has 0 atom stereocenters. The number of hydrogen-bond acceptors (Lipinski definition) is 0. The fourth-order valence-electron chi connectivity index (χ4n) is 2.11. The van der Waals surface area contributed by atoms with Crippen molar-refractivity contribution in [1.82, 2.24) is 0 Å². The summed E-state index contributed by atoms with van der Waals surface area (Å²) in [5.74, 6) is 3.59. The van der Waals surface area contributed by atoms with Gasteiger partial charge >= 0.3 is 0 Å². The molecule has 0 aromatic rings. The monoisotopic (exact) mass is 314 g/mol. The Kier molecular flexibility index (Phi) is 6.89. The van der Waals surface area contributed by atoms with Gasteiger partial charge in [-0.25, -0.2) is 0 Å². The smallest absolute Gasteiger partial charge is 0.117 e. The van der Waals surface area contributed by atoms with Gasteiger partial charge in [0.2, 0.25) is 0 Å². The maximum atomic E-state index is 3.78. The minimum absolute atomic E-state index is 0.789. The Labute approximate surface area is 121 Å². The molecule has 0 saturated carbocycles. The van der Waals surface area contributed by atoms with Crippen LogP contribution in [0, 0.1) is 11.5 Å². The molecule has 106 valence electrons. The van der Waals surface area contributed by atoms with Gasteiger partial charge in [0.25, 0.3) is 0 Å². The topological polar surface area (TPSA) is 0 Å². The van der Waals surface area contributed by atoms with Crippen LogP contribution in [-0.2, 0) is 0 Å². The summed E-state index contributed by atoms with van der Waals surface area (Å²) in [7, 11) is -3.61. The van der Waals surface area contributed by atoms with Gasteiger partial charge in [0.15, 0.2) is 0 Å². The summed E-state index contributed by atoms with van der Waals surface area (Å²) < 4.78 is 0. The first-order valence-corrected chi connectivity index (χ1v) is 20.6. The van der Waals surface area contributed by atoms with Gasteiger partial charge < -0.3 is 0 Å². The predicted octanol–water partition coefficient (Wildman–Crippen LogP) is 4.85. The molecule has 0 aromatic heterocycles. The highest BCUT2D eigenvalue weighted by atomic mass is 28.4. The lowest BCUT2D eigenvalue weighted by Gasteiger charge is -2.25. The zero-order chi connectivity index (χ0) is 14.6. The standard InChI is InChI=1S/C14H34Si4/c1-16(2,3)12-10-11-15(13-17(4,5)6)14-18(7,8)9/h15H,12-14H2,1-9H3. The molecule has 0 spiro atoms. The summed E-state index contributed by atoms with van der Waals surface area (Å²) in [5.41, 5.74) is 6.83. The van der Waals surface area contributed by atoms with Crippen LogP contribution in [0.15, 0.2) is 0 Å². The van der Waals surface area contributed by atoms with Gasteiger partial charge in [-0.3, -0.25) is 0 Å². The number of rotatable bonds is 5. The first-order valence-electron chi connectivity index (χ1n) is 7.27. The van der Waals surface area contributed by atoms with E-state index >= 15 is 0 Å². The van der Waals surface area contributed by atoms with Crippen molar-refractivity contribution >= 4 is 33.0 Å². The Balaban J connectivity index is 4.67. The van der Waals surface area contributed by atoms with Crippen LogP contribution in [-0.4, -0.2) is 33.0 Å². The van der Waals surface area contributed by atoms with Crippen molar-refractivity contribution in [3.8, 4) is 11.5 Å². The molecule has 0 aliphatic carbocycles. The van der Waals surface area contributed by atoms with E-state index in [1.807, 2.05) is 0 Å². The van der Waals surface area contributed by atoms with Crippen molar-refractivity contribution in [2.75, 3.05) is 0 Å². The average molecular weight is 315 g/mol. The highest BCUT2D eigenvalue weighted by molar-refractivity contribution is 6.97. The van der Waals surface area contributed by atoms with Crippen LogP contribution >= 0.6 is 0 Å². The van der Waals surface area contributed by atoms with Crippen molar-refractivity contribution in [2.45, 2.75) is 76.3 Å². The molecule has 4 heteroatoms. The van der Waals surface area contributed by atoms with E-state index in [1.54, 1.807) is 0 Å². The summed E-state index contributed by atoms with van der Waals surface area (Å²) >= 11 is 0. The third-order valence-electron chi connectivity index (χ3n) is 2.64. The Bertz CT molecular complexity index is 288. The van der Waals surface area contributed by atoms with Crippen molar-refractivity contribution < 1.29 is 0 Å². The highest BCUT2D eigenvalue weighted by Crippen LogP contribution is 2.19. The van der Waals surface area contributed by atoms with Crippen LogP contribution in [0.2, 0.25) is 76.3 Å². The number of hydrogen-bond donors (Lipinski definition) is 0. The van der Waals surface area contributed by atoms with Crippen molar-refractivity contribution in [3.05, 3.63) is 0 Å². The van der Waals surface area contributed by atoms with E-state index in [1.165, 1.54) is 17.4 Å². The molecular formula is C14H34Si4. The van der Waals surface area contributed by atoms with Gasteiger partial charge in [-0.15, -0.1) is 11.5 Å². The third-order valence-corrected chi connectivity index (χ3v) is 18.2. The lowest BCUT2D eigenvalue weighted by Crippen LogP contribution is -2.35. The van der Waals surface area contributed by atoms with Gasteiger partial charge in [-0.05, 0) is 0 Å². The zero-order valence-electron chi connectivity index (χ0n) is 14.2. The molecule has 0 rings (SSSR count). The fourth-order valence-corrected chi connectivity index (χ4v) is 17.9. The molecule has 0 nitrogen and oxygen atoms in total. The molecule has 0 aliphatic rings. The molecule has 0 radical (unpaired) electrons. The molecule has 0 bridgehead atoms. The van der Waals surface area contributed by atoms with Gasteiger partial charge in [-0.1, -0.05) is 70.3 Å². The van der Waals surface area contributed by atoms with Crippen LogP contribution in [0.3, 0.4) is 0 Å². The van der Waals surface area contributed by atoms with E-state index in [-0.39, 0.29) is 0 Å². The molecule has 0 heterocycles. The quantitative estimate of drug-likeness (QED) is 0.503. The van der Waals surface area contributed by atoms with E-state index in [0.29, 0.717) is 0 Å². The molecule has 0 amide bonds. The second-order valence-corrected chi connectivity index (χ2v) is 30.0. The summed E-state index contributed by atoms with van der Waals surface area (Å²) in [4.78, 5) is 0. The lowest BCUT2D eigenvalue weighted by molar-refractivity contribution is 1.54. The maximum Gasteiger partial charge on any atom is 0.117 e. The first-order chi connectivity index (χ1) is 7.79. The van der Waals surface area contributed by atoms with E-state index in [9.17, 15) is 0 Å². The van der Waals surface area contributed by atoms with Crippen LogP contribution in [0.4, 0.5) is 0 Å². The third kappa shape index (κ3) is 12.9. The Morgan fingerprint density at radius 2 is 1.06 bits per heavy atom. The Morgan fingerprint density at radius 3 is 1.33 bits per heavy atom. The minimum atomic E-state index is -0.970.